The Balaban J connectivity index is 3.89. The Hall–Kier alpha value is -0.340. The van der Waals surface area contributed by atoms with Crippen LogP contribution in [0.1, 0.15) is 214 Å². The molecule has 2 heteroatoms. The smallest absolute Gasteiger partial charge is 0.176 e. The summed E-state index contributed by atoms with van der Waals surface area (Å²) in [7, 11) is 0. The summed E-state index contributed by atoms with van der Waals surface area (Å²) >= 11 is 0. The Bertz CT molecular complexity index is 496. The van der Waals surface area contributed by atoms with E-state index in [0.29, 0.717) is 11.8 Å². The van der Waals surface area contributed by atoms with Crippen molar-refractivity contribution in [3.8, 4) is 0 Å². The average Bonchev–Trinajstić information content (AvgIpc) is 3.01. The number of hydrogen-bond acceptors (Lipinski definition) is 2. The first kappa shape index (κ1) is 41.7. The standard InChI is InChI=1S/C40H80O2/c1-6-11-14-15-16-17-18-19-20-21-22-23-24-25-26-27-28-29-30-31-32-35-40(41-36-38(9-4)33-12-7-2)42-37-39(10-5)34-13-8-3/h32,35,38-40H,6-31,33-34,36-37H2,1-5H3. The van der Waals surface area contributed by atoms with Crippen LogP contribution in [0.4, 0.5) is 0 Å². The zero-order chi connectivity index (χ0) is 30.8. The molecule has 2 nitrogen and oxygen atoms in total. The van der Waals surface area contributed by atoms with E-state index in [9.17, 15) is 0 Å². The molecule has 0 heterocycles. The molecule has 0 rings (SSSR count). The van der Waals surface area contributed by atoms with Gasteiger partial charge in [-0.3, -0.25) is 0 Å². The van der Waals surface area contributed by atoms with E-state index < -0.39 is 0 Å². The highest BCUT2D eigenvalue weighted by atomic mass is 16.7. The number of rotatable bonds is 35. The predicted molar refractivity (Wildman–Crippen MR) is 189 cm³/mol. The monoisotopic (exact) mass is 593 g/mol. The van der Waals surface area contributed by atoms with Crippen LogP contribution >= 0.6 is 0 Å². The van der Waals surface area contributed by atoms with Crippen LogP contribution in [0.25, 0.3) is 0 Å². The molecule has 0 aliphatic rings. The molecule has 0 N–H and O–H groups in total. The fourth-order valence-electron chi connectivity index (χ4n) is 5.97. The molecule has 0 aliphatic carbocycles. The van der Waals surface area contributed by atoms with Crippen molar-refractivity contribution in [1.82, 2.24) is 0 Å². The van der Waals surface area contributed by atoms with Crippen molar-refractivity contribution in [3.63, 3.8) is 0 Å². The quantitative estimate of drug-likeness (QED) is 0.0414. The van der Waals surface area contributed by atoms with Crippen molar-refractivity contribution < 1.29 is 9.47 Å². The first-order valence-electron chi connectivity index (χ1n) is 19.6. The van der Waals surface area contributed by atoms with Crippen molar-refractivity contribution in [2.75, 3.05) is 13.2 Å². The topological polar surface area (TPSA) is 18.5 Å². The van der Waals surface area contributed by atoms with Crippen LogP contribution in [0, 0.1) is 11.8 Å². The van der Waals surface area contributed by atoms with Gasteiger partial charge in [0.1, 0.15) is 0 Å². The molecule has 0 aromatic carbocycles. The molecule has 0 aliphatic heterocycles. The summed E-state index contributed by atoms with van der Waals surface area (Å²) in [5.41, 5.74) is 0. The molecule has 0 aromatic heterocycles. The summed E-state index contributed by atoms with van der Waals surface area (Å²) in [6, 6.07) is 0. The van der Waals surface area contributed by atoms with E-state index in [-0.39, 0.29) is 6.29 Å². The SMILES string of the molecule is CCCCCCCCCCCCCCCCCCCCCC=CC(OCC(CC)CCCC)OCC(CC)CCCC. The summed E-state index contributed by atoms with van der Waals surface area (Å²) < 4.78 is 12.7. The third-order valence-corrected chi connectivity index (χ3v) is 9.35. The van der Waals surface area contributed by atoms with Crippen molar-refractivity contribution in [2.45, 2.75) is 221 Å². The molecule has 2 unspecified atom stereocenters. The first-order chi connectivity index (χ1) is 20.7. The maximum Gasteiger partial charge on any atom is 0.176 e. The highest BCUT2D eigenvalue weighted by Gasteiger charge is 2.14. The Morgan fingerprint density at radius 1 is 0.405 bits per heavy atom. The number of ether oxygens (including phenoxy) is 2. The summed E-state index contributed by atoms with van der Waals surface area (Å²) in [4.78, 5) is 0. The molecule has 0 bridgehead atoms. The van der Waals surface area contributed by atoms with Crippen LogP contribution in [-0.2, 0) is 9.47 Å². The molecular weight excluding hydrogens is 512 g/mol. The van der Waals surface area contributed by atoms with Crippen LogP contribution in [-0.4, -0.2) is 19.5 Å². The van der Waals surface area contributed by atoms with E-state index in [2.05, 4.69) is 46.8 Å². The van der Waals surface area contributed by atoms with E-state index in [0.717, 1.165) is 19.6 Å². The molecule has 0 radical (unpaired) electrons. The van der Waals surface area contributed by atoms with Crippen LogP contribution in [0.15, 0.2) is 12.2 Å². The van der Waals surface area contributed by atoms with Crippen LogP contribution in [0.5, 0.6) is 0 Å². The maximum atomic E-state index is 6.33. The first-order valence-corrected chi connectivity index (χ1v) is 19.6. The van der Waals surface area contributed by atoms with Crippen LogP contribution < -0.4 is 0 Å². The Morgan fingerprint density at radius 2 is 0.738 bits per heavy atom. The zero-order valence-electron chi connectivity index (χ0n) is 29.9. The van der Waals surface area contributed by atoms with E-state index in [4.69, 9.17) is 9.47 Å². The summed E-state index contributed by atoms with van der Waals surface area (Å²) in [5.74, 6) is 1.32. The van der Waals surface area contributed by atoms with E-state index >= 15 is 0 Å². The van der Waals surface area contributed by atoms with Crippen molar-refractivity contribution in [2.24, 2.45) is 11.8 Å². The molecule has 0 saturated heterocycles. The maximum absolute atomic E-state index is 6.33. The van der Waals surface area contributed by atoms with Gasteiger partial charge in [0.25, 0.3) is 0 Å². The highest BCUT2D eigenvalue weighted by Crippen LogP contribution is 2.18. The lowest BCUT2D eigenvalue weighted by Gasteiger charge is -2.22. The normalized spacial score (nSPS) is 14.1. The minimum absolute atomic E-state index is 0.170. The van der Waals surface area contributed by atoms with Gasteiger partial charge >= 0.3 is 0 Å². The second-order valence-corrected chi connectivity index (χ2v) is 13.4. The van der Waals surface area contributed by atoms with Crippen molar-refractivity contribution >= 4 is 0 Å². The highest BCUT2D eigenvalue weighted by molar-refractivity contribution is 4.85. The van der Waals surface area contributed by atoms with Gasteiger partial charge in [-0.25, -0.2) is 0 Å². The van der Waals surface area contributed by atoms with Gasteiger partial charge < -0.3 is 9.47 Å². The Morgan fingerprint density at radius 3 is 1.07 bits per heavy atom. The molecule has 42 heavy (non-hydrogen) atoms. The van der Waals surface area contributed by atoms with Crippen molar-refractivity contribution in [1.29, 1.82) is 0 Å². The largest absolute Gasteiger partial charge is 0.349 e. The number of unbranched alkanes of at least 4 members (excludes halogenated alkanes) is 21. The fourth-order valence-corrected chi connectivity index (χ4v) is 5.97. The summed E-state index contributed by atoms with van der Waals surface area (Å²) in [5, 5.41) is 0. The predicted octanol–water partition coefficient (Wildman–Crippen LogP) is 14.2. The third-order valence-electron chi connectivity index (χ3n) is 9.35. The number of hydrogen-bond donors (Lipinski definition) is 0. The third kappa shape index (κ3) is 29.7. The van der Waals surface area contributed by atoms with E-state index in [1.54, 1.807) is 0 Å². The minimum Gasteiger partial charge on any atom is -0.349 e. The molecule has 0 aromatic rings. The summed E-state index contributed by atoms with van der Waals surface area (Å²) in [6.45, 7) is 13.1. The molecule has 0 amide bonds. The van der Waals surface area contributed by atoms with E-state index in [1.165, 1.54) is 173 Å². The molecule has 0 saturated carbocycles. The Kier molecular flexibility index (Phi) is 34.9. The molecular formula is C40H80O2. The van der Waals surface area contributed by atoms with Crippen LogP contribution in [0.3, 0.4) is 0 Å². The second-order valence-electron chi connectivity index (χ2n) is 13.4. The molecule has 2 atom stereocenters. The van der Waals surface area contributed by atoms with Gasteiger partial charge in [0.2, 0.25) is 0 Å². The van der Waals surface area contributed by atoms with Gasteiger partial charge in [-0.2, -0.15) is 0 Å². The lowest BCUT2D eigenvalue weighted by Crippen LogP contribution is -2.22. The van der Waals surface area contributed by atoms with Crippen molar-refractivity contribution in [3.05, 3.63) is 12.2 Å². The minimum atomic E-state index is -0.170. The second kappa shape index (κ2) is 35.1. The lowest BCUT2D eigenvalue weighted by molar-refractivity contribution is -0.129. The van der Waals surface area contributed by atoms with E-state index in [1.807, 2.05) is 0 Å². The fraction of sp³-hybridized carbons (Fsp3) is 0.950. The van der Waals surface area contributed by atoms with Crippen LogP contribution in [0.2, 0.25) is 0 Å². The Labute approximate surface area is 267 Å². The zero-order valence-corrected chi connectivity index (χ0v) is 29.9. The molecule has 0 spiro atoms. The summed E-state index contributed by atoms with van der Waals surface area (Å²) in [6.07, 6.45) is 42.9. The average molecular weight is 593 g/mol. The van der Waals surface area contributed by atoms with Gasteiger partial charge in [-0.1, -0.05) is 195 Å². The molecule has 252 valence electrons. The number of allylic oxidation sites excluding steroid dienone is 1. The lowest BCUT2D eigenvalue weighted by atomic mass is 10.0. The van der Waals surface area contributed by atoms with Gasteiger partial charge in [0, 0.05) is 0 Å². The molecule has 0 fully saturated rings. The van der Waals surface area contributed by atoms with Gasteiger partial charge in [0.05, 0.1) is 13.2 Å². The van der Waals surface area contributed by atoms with Gasteiger partial charge in [0.15, 0.2) is 6.29 Å². The van der Waals surface area contributed by atoms with Gasteiger partial charge in [-0.15, -0.1) is 0 Å². The van der Waals surface area contributed by atoms with Gasteiger partial charge in [-0.05, 0) is 43.6 Å².